The molecule has 0 radical (unpaired) electrons. The molecule has 0 aliphatic heterocycles. The van der Waals surface area contributed by atoms with E-state index in [0.717, 1.165) is 0 Å². The molecule has 1 heterocycles. The van der Waals surface area contributed by atoms with Crippen LogP contribution in [0.1, 0.15) is 13.7 Å². The molecule has 168 valence electrons. The van der Waals surface area contributed by atoms with E-state index >= 15 is 0 Å². The summed E-state index contributed by atoms with van der Waals surface area (Å²) in [5, 5.41) is 16.5. The van der Waals surface area contributed by atoms with Crippen LogP contribution in [0.25, 0.3) is 44.2 Å². The molecule has 0 spiro atoms. The Hall–Kier alpha value is -4.90. The van der Waals surface area contributed by atoms with Crippen LogP contribution in [0.3, 0.4) is 0 Å². The second-order valence-electron chi connectivity index (χ2n) is 7.54. The van der Waals surface area contributed by atoms with Gasteiger partial charge in [0.1, 0.15) is 5.58 Å². The van der Waals surface area contributed by atoms with Gasteiger partial charge in [0.2, 0.25) is 0 Å². The number of fused-ring (bicyclic) bond motifs is 3. The van der Waals surface area contributed by atoms with E-state index in [1.54, 1.807) is 24.3 Å². The molecule has 35 heavy (non-hydrogen) atoms. The van der Waals surface area contributed by atoms with Crippen LogP contribution in [0, 0.1) is 10.1 Å². The van der Waals surface area contributed by atoms with Gasteiger partial charge in [0.05, 0.1) is 24.3 Å². The van der Waals surface area contributed by atoms with Crippen molar-refractivity contribution in [3.8, 4) is 22.3 Å². The summed E-state index contributed by atoms with van der Waals surface area (Å²) in [6.07, 6.45) is 0. The number of hydrogen-bond donors (Lipinski definition) is 1. The number of benzene rings is 5. The van der Waals surface area contributed by atoms with E-state index in [1.807, 2.05) is 0 Å². The minimum atomic E-state index is -0.647. The Morgan fingerprint density at radius 2 is 1.34 bits per heavy atom. The van der Waals surface area contributed by atoms with Crippen molar-refractivity contribution in [2.75, 3.05) is 5.32 Å². The fraction of sp³-hybridized carbons (Fsp3) is 0. The van der Waals surface area contributed by atoms with E-state index in [1.165, 1.54) is 30.3 Å². The van der Waals surface area contributed by atoms with Gasteiger partial charge in [-0.3, -0.25) is 10.1 Å². The lowest BCUT2D eigenvalue weighted by Gasteiger charge is -2.18. The van der Waals surface area contributed by atoms with Crippen LogP contribution in [0.15, 0.2) is 119 Å². The van der Waals surface area contributed by atoms with Gasteiger partial charge in [0, 0.05) is 28.0 Å². The van der Waals surface area contributed by atoms with Crippen molar-refractivity contribution in [2.45, 2.75) is 0 Å². The molecule has 5 heteroatoms. The molecule has 0 atom stereocenters. The first-order valence-corrected chi connectivity index (χ1v) is 10.5. The molecule has 0 unspecified atom stereocenters. The maximum atomic E-state index is 12.3. The van der Waals surface area contributed by atoms with E-state index in [2.05, 4.69) is 5.32 Å². The van der Waals surface area contributed by atoms with Crippen LogP contribution >= 0.6 is 0 Å². The molecule has 6 aromatic rings. The fourth-order valence-electron chi connectivity index (χ4n) is 4.05. The number of anilines is 2. The normalized spacial score (nSPS) is 15.1. The first-order valence-electron chi connectivity index (χ1n) is 15.5. The van der Waals surface area contributed by atoms with Gasteiger partial charge in [-0.15, -0.1) is 0 Å². The van der Waals surface area contributed by atoms with Crippen LogP contribution in [0.2, 0.25) is 0 Å². The quantitative estimate of drug-likeness (QED) is 0.204. The summed E-state index contributed by atoms with van der Waals surface area (Å²) in [5.41, 5.74) is -0.766. The lowest BCUT2D eigenvalue weighted by molar-refractivity contribution is -0.383. The first kappa shape index (κ1) is 12.5. The Balaban J connectivity index is 1.77. The molecule has 5 nitrogen and oxygen atoms in total. The van der Waals surface area contributed by atoms with Crippen molar-refractivity contribution in [1.29, 1.82) is 0 Å². The number of nitrogens with zero attached hydrogens (tertiary/aromatic N) is 1. The molecular formula is C30H20N2O3. The second-order valence-corrected chi connectivity index (χ2v) is 7.54. The van der Waals surface area contributed by atoms with Crippen LogP contribution in [0.5, 0.6) is 0 Å². The standard InChI is InChI=1S/C30H20N2O3/c33-32(34)26-19-18-25-24-14-7-8-17-27(24)35-30(25)29(26)31-28-22(20-10-3-1-4-11-20)15-9-16-23(28)21-12-5-2-6-13-21/h1-19,31H/i1D,2D,3D,4D,5D,6D,10D,11D,12D,13D. The first-order chi connectivity index (χ1) is 21.3. The van der Waals surface area contributed by atoms with Gasteiger partial charge in [-0.25, -0.2) is 0 Å². The smallest absolute Gasteiger partial charge is 0.296 e. The van der Waals surface area contributed by atoms with E-state index < -0.39 is 71.0 Å². The van der Waals surface area contributed by atoms with Gasteiger partial charge in [-0.1, -0.05) is 96.8 Å². The highest BCUT2D eigenvalue weighted by Crippen LogP contribution is 2.44. The maximum Gasteiger partial charge on any atom is 0.296 e. The third-order valence-electron chi connectivity index (χ3n) is 5.57. The fourth-order valence-corrected chi connectivity index (χ4v) is 4.05. The molecule has 0 amide bonds. The number of furan rings is 1. The topological polar surface area (TPSA) is 68.3 Å². The number of nitro benzene ring substituents is 1. The summed E-state index contributed by atoms with van der Waals surface area (Å²) >= 11 is 0. The summed E-state index contributed by atoms with van der Waals surface area (Å²) in [6.45, 7) is 0. The van der Waals surface area contributed by atoms with Crippen molar-refractivity contribution >= 4 is 39.0 Å². The van der Waals surface area contributed by atoms with Gasteiger partial charge in [0.15, 0.2) is 11.3 Å². The van der Waals surface area contributed by atoms with Gasteiger partial charge < -0.3 is 9.73 Å². The number of rotatable bonds is 5. The van der Waals surface area contributed by atoms with E-state index in [-0.39, 0.29) is 39.2 Å². The number of para-hydroxylation sites is 2. The van der Waals surface area contributed by atoms with Crippen molar-refractivity contribution in [3.05, 3.63) is 125 Å². The van der Waals surface area contributed by atoms with Gasteiger partial charge >= 0.3 is 0 Å². The zero-order valence-corrected chi connectivity index (χ0v) is 17.9. The molecule has 6 rings (SSSR count). The SMILES string of the molecule is [2H]c1c([2H])c([2H])c(-c2cccc(-c3c([2H])c([2H])c([2H])c([2H])c3[2H])c2Nc2c([N+](=O)[O-])ccc3c2oc2ccccc23)c([2H])c1[2H]. The van der Waals surface area contributed by atoms with Crippen molar-refractivity contribution in [3.63, 3.8) is 0 Å². The molecule has 0 aliphatic carbocycles. The second kappa shape index (κ2) is 8.47. The molecule has 0 fully saturated rings. The Morgan fingerprint density at radius 3 is 1.97 bits per heavy atom. The minimum Gasteiger partial charge on any atom is -0.454 e. The molecule has 0 aliphatic rings. The van der Waals surface area contributed by atoms with E-state index in [4.69, 9.17) is 18.1 Å². The molecule has 1 aromatic heterocycles. The number of hydrogen-bond acceptors (Lipinski definition) is 4. The van der Waals surface area contributed by atoms with Gasteiger partial charge in [-0.2, -0.15) is 0 Å². The average Bonchev–Trinajstić information content (AvgIpc) is 3.41. The van der Waals surface area contributed by atoms with Crippen LogP contribution in [-0.2, 0) is 0 Å². The van der Waals surface area contributed by atoms with Crippen molar-refractivity contribution < 1.29 is 23.0 Å². The molecule has 5 aromatic carbocycles. The minimum absolute atomic E-state index is 0.0290. The molecule has 0 bridgehead atoms. The van der Waals surface area contributed by atoms with Crippen LogP contribution in [0.4, 0.5) is 17.1 Å². The highest BCUT2D eigenvalue weighted by atomic mass is 16.6. The number of nitrogens with one attached hydrogen (secondary N) is 1. The van der Waals surface area contributed by atoms with Crippen molar-refractivity contribution in [2.24, 2.45) is 0 Å². The third kappa shape index (κ3) is 3.60. The monoisotopic (exact) mass is 466 g/mol. The third-order valence-corrected chi connectivity index (χ3v) is 5.57. The maximum absolute atomic E-state index is 12.3. The highest BCUT2D eigenvalue weighted by Gasteiger charge is 2.24. The molecular weight excluding hydrogens is 436 g/mol. The van der Waals surface area contributed by atoms with Crippen LogP contribution in [-0.4, -0.2) is 4.92 Å². The highest BCUT2D eigenvalue weighted by molar-refractivity contribution is 6.12. The largest absolute Gasteiger partial charge is 0.454 e. The van der Waals surface area contributed by atoms with E-state index in [9.17, 15) is 10.1 Å². The lowest BCUT2D eigenvalue weighted by Crippen LogP contribution is -2.01. The predicted octanol–water partition coefficient (Wildman–Crippen LogP) is 8.57. The summed E-state index contributed by atoms with van der Waals surface area (Å²) in [6, 6.07) is 7.97. The van der Waals surface area contributed by atoms with Crippen molar-refractivity contribution in [1.82, 2.24) is 0 Å². The zero-order chi connectivity index (χ0) is 32.5. The molecule has 0 saturated carbocycles. The Morgan fingerprint density at radius 1 is 0.714 bits per heavy atom. The summed E-state index contributed by atoms with van der Waals surface area (Å²) < 4.78 is 89.6. The molecule has 1 N–H and O–H groups in total. The predicted molar refractivity (Wildman–Crippen MR) is 141 cm³/mol. The van der Waals surface area contributed by atoms with Gasteiger partial charge in [-0.05, 0) is 23.3 Å². The number of nitro groups is 1. The zero-order valence-electron chi connectivity index (χ0n) is 27.9. The van der Waals surface area contributed by atoms with E-state index in [0.29, 0.717) is 16.4 Å². The summed E-state index contributed by atoms with van der Waals surface area (Å²) in [5.74, 6) is 0. The lowest BCUT2D eigenvalue weighted by atomic mass is 9.95. The Kier molecular flexibility index (Phi) is 3.03. The molecule has 0 saturated heterocycles. The Bertz CT molecular complexity index is 2100. The summed E-state index contributed by atoms with van der Waals surface area (Å²) in [4.78, 5) is 11.7. The Labute approximate surface area is 215 Å². The van der Waals surface area contributed by atoms with Gasteiger partial charge in [0.25, 0.3) is 5.69 Å². The summed E-state index contributed by atoms with van der Waals surface area (Å²) in [7, 11) is 0. The van der Waals surface area contributed by atoms with Crippen LogP contribution < -0.4 is 5.32 Å². The average molecular weight is 467 g/mol.